The molecule has 2 aromatic rings. The van der Waals surface area contributed by atoms with Crippen LogP contribution in [0.4, 0.5) is 13.2 Å². The summed E-state index contributed by atoms with van der Waals surface area (Å²) in [6, 6.07) is -0.751. The van der Waals surface area contributed by atoms with Crippen LogP contribution in [-0.4, -0.2) is 73.3 Å². The molecule has 1 aliphatic heterocycles. The summed E-state index contributed by atoms with van der Waals surface area (Å²) in [7, 11) is 0. The molecule has 180 valence electrons. The van der Waals surface area contributed by atoms with E-state index in [9.17, 15) is 22.8 Å². The van der Waals surface area contributed by atoms with Gasteiger partial charge >= 0.3 is 6.18 Å². The van der Waals surface area contributed by atoms with Gasteiger partial charge in [-0.3, -0.25) is 19.5 Å². The average molecular weight is 467 g/mol. The van der Waals surface area contributed by atoms with Gasteiger partial charge in [-0.15, -0.1) is 0 Å². The second-order valence-electron chi connectivity index (χ2n) is 8.85. The number of alkyl halides is 3. The second-order valence-corrected chi connectivity index (χ2v) is 8.85. The molecule has 8 nitrogen and oxygen atoms in total. The van der Waals surface area contributed by atoms with E-state index in [0.717, 1.165) is 18.5 Å². The third-order valence-corrected chi connectivity index (χ3v) is 6.76. The molecule has 11 heteroatoms. The fraction of sp³-hybridized carbons (Fsp3) is 0.636. The average Bonchev–Trinajstić information content (AvgIpc) is 3.39. The van der Waals surface area contributed by atoms with E-state index in [1.807, 2.05) is 13.8 Å². The minimum atomic E-state index is -4.29. The lowest BCUT2D eigenvalue weighted by Gasteiger charge is -2.46. The number of nitrogens with one attached hydrogen (secondary N) is 1. The van der Waals surface area contributed by atoms with Crippen molar-refractivity contribution in [3.8, 4) is 5.95 Å². The molecule has 1 N–H and O–H groups in total. The van der Waals surface area contributed by atoms with Gasteiger partial charge in [0.1, 0.15) is 0 Å². The quantitative estimate of drug-likeness (QED) is 0.732. The van der Waals surface area contributed by atoms with E-state index < -0.39 is 12.7 Å². The van der Waals surface area contributed by atoms with Crippen LogP contribution in [-0.2, 0) is 12.8 Å². The molecular formula is C22H29F3N6O2. The van der Waals surface area contributed by atoms with Crippen LogP contribution >= 0.6 is 0 Å². The Bertz CT molecular complexity index is 1080. The summed E-state index contributed by atoms with van der Waals surface area (Å²) in [5.74, 6) is -0.00381. The molecule has 0 aromatic carbocycles. The number of carbonyl (C=O) groups is 1. The number of fused-ring (bicyclic) bond motifs is 1. The molecule has 33 heavy (non-hydrogen) atoms. The van der Waals surface area contributed by atoms with Gasteiger partial charge < -0.3 is 4.90 Å². The van der Waals surface area contributed by atoms with E-state index in [4.69, 9.17) is 0 Å². The van der Waals surface area contributed by atoms with Crippen molar-refractivity contribution in [3.05, 3.63) is 39.1 Å². The maximum absolute atomic E-state index is 13.4. The molecule has 1 saturated heterocycles. The van der Waals surface area contributed by atoms with Crippen molar-refractivity contribution in [1.82, 2.24) is 29.5 Å². The van der Waals surface area contributed by atoms with Gasteiger partial charge in [-0.1, -0.05) is 13.8 Å². The molecule has 2 unspecified atom stereocenters. The number of hydrogen-bond donors (Lipinski definition) is 1. The summed E-state index contributed by atoms with van der Waals surface area (Å²) < 4.78 is 40.9. The number of amides is 1. The van der Waals surface area contributed by atoms with E-state index in [1.165, 1.54) is 15.8 Å². The third-order valence-electron chi connectivity index (χ3n) is 6.76. The van der Waals surface area contributed by atoms with Crippen LogP contribution in [0.15, 0.2) is 11.0 Å². The lowest BCUT2D eigenvalue weighted by molar-refractivity contribution is -0.163. The van der Waals surface area contributed by atoms with Crippen molar-refractivity contribution in [2.45, 2.75) is 71.1 Å². The zero-order valence-corrected chi connectivity index (χ0v) is 19.1. The Kier molecular flexibility index (Phi) is 6.35. The van der Waals surface area contributed by atoms with E-state index in [1.54, 1.807) is 11.8 Å². The minimum absolute atomic E-state index is 0.187. The molecule has 2 aromatic heterocycles. The van der Waals surface area contributed by atoms with Crippen molar-refractivity contribution < 1.29 is 18.0 Å². The zero-order chi connectivity index (χ0) is 23.9. The Morgan fingerprint density at radius 3 is 2.45 bits per heavy atom. The zero-order valence-electron chi connectivity index (χ0n) is 19.1. The predicted octanol–water partition coefficient (Wildman–Crippen LogP) is 2.63. The number of aromatic nitrogens is 4. The number of rotatable bonds is 5. The first-order chi connectivity index (χ1) is 15.6. The molecule has 4 rings (SSSR count). The van der Waals surface area contributed by atoms with Crippen LogP contribution in [0.3, 0.4) is 0 Å². The van der Waals surface area contributed by atoms with E-state index >= 15 is 0 Å². The highest BCUT2D eigenvalue weighted by molar-refractivity contribution is 5.95. The van der Waals surface area contributed by atoms with Crippen molar-refractivity contribution in [1.29, 1.82) is 0 Å². The lowest BCUT2D eigenvalue weighted by Crippen LogP contribution is -2.61. The Balaban J connectivity index is 1.59. The first-order valence-electron chi connectivity index (χ1n) is 11.4. The van der Waals surface area contributed by atoms with Crippen LogP contribution < -0.4 is 5.56 Å². The number of aromatic amines is 1. The second kappa shape index (κ2) is 8.92. The molecule has 2 atom stereocenters. The molecule has 0 saturated carbocycles. The molecule has 0 bridgehead atoms. The number of hydrogen-bond acceptors (Lipinski definition) is 5. The van der Waals surface area contributed by atoms with Crippen LogP contribution in [0, 0.1) is 6.92 Å². The largest absolute Gasteiger partial charge is 0.401 e. The minimum Gasteiger partial charge on any atom is -0.335 e. The van der Waals surface area contributed by atoms with Gasteiger partial charge in [-0.05, 0) is 39.0 Å². The summed E-state index contributed by atoms with van der Waals surface area (Å²) >= 11 is 0. The van der Waals surface area contributed by atoms with Gasteiger partial charge in [0.15, 0.2) is 0 Å². The van der Waals surface area contributed by atoms with E-state index in [2.05, 4.69) is 15.1 Å². The molecule has 2 aliphatic rings. The fourth-order valence-corrected chi connectivity index (χ4v) is 4.98. The van der Waals surface area contributed by atoms with E-state index in [0.29, 0.717) is 36.1 Å². The standard InChI is InChI=1S/C22H29F3N6O2/c1-4-14-10-29(11-15(5-2)30(14)12-22(23,24)25)20(33)17-9-26-31(13(17)3)21-27-18-8-6-7-16(18)19(32)28-21/h9,14-15H,4-8,10-12H2,1-3H3,(H,27,28,32). The highest BCUT2D eigenvalue weighted by Crippen LogP contribution is 2.27. The topological polar surface area (TPSA) is 87.1 Å². The fourth-order valence-electron chi connectivity index (χ4n) is 4.98. The van der Waals surface area contributed by atoms with Crippen molar-refractivity contribution in [2.24, 2.45) is 0 Å². The Hall–Kier alpha value is -2.69. The van der Waals surface area contributed by atoms with Crippen molar-refractivity contribution in [2.75, 3.05) is 19.6 Å². The van der Waals surface area contributed by atoms with Crippen LogP contribution in [0.2, 0.25) is 0 Å². The number of H-pyrrole nitrogens is 1. The molecule has 1 fully saturated rings. The first kappa shape index (κ1) is 23.5. The summed E-state index contributed by atoms with van der Waals surface area (Å²) in [5.41, 5.74) is 2.15. The Morgan fingerprint density at radius 2 is 1.85 bits per heavy atom. The predicted molar refractivity (Wildman–Crippen MR) is 116 cm³/mol. The molecule has 1 aliphatic carbocycles. The van der Waals surface area contributed by atoms with Crippen LogP contribution in [0.25, 0.3) is 5.95 Å². The summed E-state index contributed by atoms with van der Waals surface area (Å²) in [6.45, 7) is 4.88. The normalized spacial score (nSPS) is 21.5. The number of nitrogens with zero attached hydrogens (tertiary/aromatic N) is 5. The third kappa shape index (κ3) is 4.55. The first-order valence-corrected chi connectivity index (χ1v) is 11.4. The SMILES string of the molecule is CCC1CN(C(=O)c2cnn(-c3nc4c(c(=O)[nH]3)CCC4)c2C)CC(CC)N1CC(F)(F)F. The van der Waals surface area contributed by atoms with Gasteiger partial charge in [0.2, 0.25) is 5.95 Å². The number of carbonyl (C=O) groups excluding carboxylic acids is 1. The molecule has 3 heterocycles. The summed E-state index contributed by atoms with van der Waals surface area (Å²) in [4.78, 5) is 36.1. The van der Waals surface area contributed by atoms with E-state index in [-0.39, 0.29) is 42.6 Å². The maximum Gasteiger partial charge on any atom is 0.401 e. The van der Waals surface area contributed by atoms with Gasteiger partial charge in [-0.25, -0.2) is 9.67 Å². The smallest absolute Gasteiger partial charge is 0.335 e. The Morgan fingerprint density at radius 1 is 1.18 bits per heavy atom. The maximum atomic E-state index is 13.4. The summed E-state index contributed by atoms with van der Waals surface area (Å²) in [6.07, 6.45) is 0.492. The van der Waals surface area contributed by atoms with Gasteiger partial charge in [0, 0.05) is 30.7 Å². The number of aryl methyl sites for hydroxylation is 1. The lowest BCUT2D eigenvalue weighted by atomic mass is 10.0. The molecular weight excluding hydrogens is 437 g/mol. The van der Waals surface area contributed by atoms with Gasteiger partial charge in [-0.2, -0.15) is 18.3 Å². The van der Waals surface area contributed by atoms with Gasteiger partial charge in [0.25, 0.3) is 11.5 Å². The van der Waals surface area contributed by atoms with Crippen molar-refractivity contribution >= 4 is 5.91 Å². The van der Waals surface area contributed by atoms with Crippen molar-refractivity contribution in [3.63, 3.8) is 0 Å². The molecule has 0 spiro atoms. The Labute approximate surface area is 189 Å². The molecule has 1 amide bonds. The summed E-state index contributed by atoms with van der Waals surface area (Å²) in [5, 5.41) is 4.29. The number of piperazine rings is 1. The van der Waals surface area contributed by atoms with Crippen LogP contribution in [0.1, 0.15) is 60.4 Å². The molecule has 0 radical (unpaired) electrons. The van der Waals surface area contributed by atoms with Gasteiger partial charge in [0.05, 0.1) is 29.7 Å². The highest BCUT2D eigenvalue weighted by Gasteiger charge is 2.41. The monoisotopic (exact) mass is 466 g/mol. The highest BCUT2D eigenvalue weighted by atomic mass is 19.4. The van der Waals surface area contributed by atoms with Crippen LogP contribution in [0.5, 0.6) is 0 Å². The number of halogens is 3.